The van der Waals surface area contributed by atoms with E-state index in [0.29, 0.717) is 0 Å². The fourth-order valence-corrected chi connectivity index (χ4v) is 0.672. The Bertz CT molecular complexity index is 226. The summed E-state index contributed by atoms with van der Waals surface area (Å²) in [6.45, 7) is 7.21. The number of nitrogens with two attached hydrogens (primary N) is 4. The molecular formula is C11H24N4. The van der Waals surface area contributed by atoms with Crippen molar-refractivity contribution in [2.45, 2.75) is 20.8 Å². The van der Waals surface area contributed by atoms with Crippen molar-refractivity contribution in [1.82, 2.24) is 0 Å². The van der Waals surface area contributed by atoms with Crippen LogP contribution in [-0.2, 0) is 0 Å². The third-order valence-electron chi connectivity index (χ3n) is 1.42. The molecule has 0 amide bonds. The van der Waals surface area contributed by atoms with E-state index in [1.807, 2.05) is 39.0 Å². The largest absolute Gasteiger partial charge is 0.398 e. The SMILES string of the molecule is CCN.CCN.Cc1c(N)cccc1N. The molecule has 0 aromatic heterocycles. The van der Waals surface area contributed by atoms with E-state index in [4.69, 9.17) is 22.9 Å². The monoisotopic (exact) mass is 212 g/mol. The summed E-state index contributed by atoms with van der Waals surface area (Å²) >= 11 is 0. The Kier molecular flexibility index (Phi) is 11.7. The molecule has 0 atom stereocenters. The molecule has 0 bridgehead atoms. The molecule has 0 fully saturated rings. The number of benzene rings is 1. The van der Waals surface area contributed by atoms with E-state index in [1.165, 1.54) is 0 Å². The normalized spacial score (nSPS) is 8.07. The minimum absolute atomic E-state index is 0.750. The van der Waals surface area contributed by atoms with Crippen molar-refractivity contribution >= 4 is 11.4 Å². The molecule has 88 valence electrons. The minimum atomic E-state index is 0.750. The van der Waals surface area contributed by atoms with Crippen molar-refractivity contribution in [2.75, 3.05) is 24.6 Å². The number of rotatable bonds is 0. The molecule has 0 saturated heterocycles. The summed E-state index contributed by atoms with van der Waals surface area (Å²) in [4.78, 5) is 0. The molecule has 0 unspecified atom stereocenters. The van der Waals surface area contributed by atoms with Crippen molar-refractivity contribution in [3.8, 4) is 0 Å². The molecule has 0 saturated carbocycles. The molecule has 8 N–H and O–H groups in total. The molecule has 0 aliphatic carbocycles. The third-order valence-corrected chi connectivity index (χ3v) is 1.42. The lowest BCUT2D eigenvalue weighted by Crippen LogP contribution is -1.94. The molecule has 15 heavy (non-hydrogen) atoms. The van der Waals surface area contributed by atoms with Gasteiger partial charge in [0.2, 0.25) is 0 Å². The van der Waals surface area contributed by atoms with E-state index in [2.05, 4.69) is 0 Å². The minimum Gasteiger partial charge on any atom is -0.398 e. The second-order valence-corrected chi connectivity index (χ2v) is 2.88. The van der Waals surface area contributed by atoms with Crippen LogP contribution in [0.5, 0.6) is 0 Å². The second-order valence-electron chi connectivity index (χ2n) is 2.88. The van der Waals surface area contributed by atoms with Gasteiger partial charge in [0.1, 0.15) is 0 Å². The van der Waals surface area contributed by atoms with Gasteiger partial charge in [-0.3, -0.25) is 0 Å². The van der Waals surface area contributed by atoms with Crippen LogP contribution < -0.4 is 22.9 Å². The third kappa shape index (κ3) is 9.05. The van der Waals surface area contributed by atoms with Gasteiger partial charge in [0, 0.05) is 11.4 Å². The quantitative estimate of drug-likeness (QED) is 0.483. The highest BCUT2D eigenvalue weighted by atomic mass is 14.6. The molecule has 0 radical (unpaired) electrons. The van der Waals surface area contributed by atoms with E-state index in [9.17, 15) is 0 Å². The van der Waals surface area contributed by atoms with E-state index in [-0.39, 0.29) is 0 Å². The van der Waals surface area contributed by atoms with Crippen LogP contribution in [0.25, 0.3) is 0 Å². The first-order valence-electron chi connectivity index (χ1n) is 5.05. The van der Waals surface area contributed by atoms with Crippen LogP contribution in [0.3, 0.4) is 0 Å². The zero-order chi connectivity index (χ0) is 12.3. The Morgan fingerprint density at radius 2 is 1.20 bits per heavy atom. The van der Waals surface area contributed by atoms with Gasteiger partial charge >= 0.3 is 0 Å². The summed E-state index contributed by atoms with van der Waals surface area (Å²) in [7, 11) is 0. The molecule has 1 aromatic carbocycles. The van der Waals surface area contributed by atoms with Crippen LogP contribution in [-0.4, -0.2) is 13.1 Å². The van der Waals surface area contributed by atoms with Gasteiger partial charge in [-0.15, -0.1) is 0 Å². The molecule has 1 rings (SSSR count). The Balaban J connectivity index is 0. The van der Waals surface area contributed by atoms with Crippen LogP contribution in [0, 0.1) is 6.92 Å². The van der Waals surface area contributed by atoms with Crippen LogP contribution >= 0.6 is 0 Å². The van der Waals surface area contributed by atoms with Crippen molar-refractivity contribution in [2.24, 2.45) is 11.5 Å². The second kappa shape index (κ2) is 10.8. The van der Waals surface area contributed by atoms with Crippen LogP contribution in [0.1, 0.15) is 19.4 Å². The van der Waals surface area contributed by atoms with Gasteiger partial charge in [0.05, 0.1) is 0 Å². The lowest BCUT2D eigenvalue weighted by atomic mass is 10.2. The van der Waals surface area contributed by atoms with Crippen LogP contribution in [0.4, 0.5) is 11.4 Å². The van der Waals surface area contributed by atoms with Crippen molar-refractivity contribution < 1.29 is 0 Å². The first kappa shape index (κ1) is 16.2. The highest BCUT2D eigenvalue weighted by Crippen LogP contribution is 2.16. The van der Waals surface area contributed by atoms with Gasteiger partial charge in [-0.1, -0.05) is 19.9 Å². The fraction of sp³-hybridized carbons (Fsp3) is 0.455. The van der Waals surface area contributed by atoms with Crippen molar-refractivity contribution in [3.05, 3.63) is 23.8 Å². The Hall–Kier alpha value is -1.26. The first-order chi connectivity index (χ1) is 7.04. The number of anilines is 2. The van der Waals surface area contributed by atoms with Crippen molar-refractivity contribution in [1.29, 1.82) is 0 Å². The maximum Gasteiger partial charge on any atom is 0.0364 e. The van der Waals surface area contributed by atoms with Gasteiger partial charge in [-0.25, -0.2) is 0 Å². The summed E-state index contributed by atoms with van der Waals surface area (Å²) in [5.74, 6) is 0. The summed E-state index contributed by atoms with van der Waals surface area (Å²) in [5, 5.41) is 0. The van der Waals surface area contributed by atoms with Gasteiger partial charge < -0.3 is 22.9 Å². The molecule has 0 aliphatic heterocycles. The Morgan fingerprint density at radius 3 is 1.40 bits per heavy atom. The number of hydrogen-bond acceptors (Lipinski definition) is 4. The maximum atomic E-state index is 5.54. The van der Waals surface area contributed by atoms with E-state index in [0.717, 1.165) is 30.0 Å². The van der Waals surface area contributed by atoms with Crippen LogP contribution in [0.15, 0.2) is 18.2 Å². The summed E-state index contributed by atoms with van der Waals surface area (Å²) in [6.07, 6.45) is 0. The Labute approximate surface area is 92.6 Å². The molecular weight excluding hydrogens is 188 g/mol. The number of hydrogen-bond donors (Lipinski definition) is 4. The topological polar surface area (TPSA) is 104 Å². The predicted octanol–water partition coefficient (Wildman–Crippen LogP) is 1.09. The molecule has 1 aromatic rings. The highest BCUT2D eigenvalue weighted by molar-refractivity contribution is 5.59. The average Bonchev–Trinajstić information content (AvgIpc) is 2.17. The maximum absolute atomic E-state index is 5.54. The molecule has 0 spiro atoms. The lowest BCUT2D eigenvalue weighted by molar-refractivity contribution is 1.14. The highest BCUT2D eigenvalue weighted by Gasteiger charge is 1.93. The smallest absolute Gasteiger partial charge is 0.0364 e. The van der Waals surface area contributed by atoms with Gasteiger partial charge in [0.25, 0.3) is 0 Å². The van der Waals surface area contributed by atoms with Crippen LogP contribution in [0.2, 0.25) is 0 Å². The zero-order valence-electron chi connectivity index (χ0n) is 9.96. The predicted molar refractivity (Wildman–Crippen MR) is 69.5 cm³/mol. The van der Waals surface area contributed by atoms with E-state index < -0.39 is 0 Å². The lowest BCUT2D eigenvalue weighted by Gasteiger charge is -2.00. The van der Waals surface area contributed by atoms with Crippen molar-refractivity contribution in [3.63, 3.8) is 0 Å². The molecule has 4 heteroatoms. The van der Waals surface area contributed by atoms with Gasteiger partial charge in [-0.2, -0.15) is 0 Å². The average molecular weight is 212 g/mol. The molecule has 0 heterocycles. The molecule has 0 aliphatic rings. The Morgan fingerprint density at radius 1 is 0.933 bits per heavy atom. The fourth-order valence-electron chi connectivity index (χ4n) is 0.672. The summed E-state index contributed by atoms with van der Waals surface area (Å²) in [5.41, 5.74) is 23.3. The zero-order valence-corrected chi connectivity index (χ0v) is 9.96. The number of nitrogen functional groups attached to an aromatic ring is 2. The summed E-state index contributed by atoms with van der Waals surface area (Å²) in [6, 6.07) is 5.52. The van der Waals surface area contributed by atoms with Gasteiger partial charge in [-0.05, 0) is 37.7 Å². The van der Waals surface area contributed by atoms with E-state index in [1.54, 1.807) is 0 Å². The molecule has 4 nitrogen and oxygen atoms in total. The van der Waals surface area contributed by atoms with Gasteiger partial charge in [0.15, 0.2) is 0 Å². The summed E-state index contributed by atoms with van der Waals surface area (Å²) < 4.78 is 0. The standard InChI is InChI=1S/C7H10N2.2C2H7N/c1-5-6(8)3-2-4-7(5)9;2*1-2-3/h2-4H,8-9H2,1H3;2*2-3H2,1H3. The van der Waals surface area contributed by atoms with E-state index >= 15 is 0 Å². The first-order valence-corrected chi connectivity index (χ1v) is 5.05.